The molecule has 0 aliphatic carbocycles. The Hall–Kier alpha value is -1.62. The molecular weight excluding hydrogens is 333 g/mol. The minimum absolute atomic E-state index is 0.0242. The summed E-state index contributed by atoms with van der Waals surface area (Å²) in [6, 6.07) is 7.96. The van der Waals surface area contributed by atoms with Crippen LogP contribution in [0.3, 0.4) is 0 Å². The summed E-state index contributed by atoms with van der Waals surface area (Å²) in [5.74, 6) is -2.66. The van der Waals surface area contributed by atoms with Crippen LogP contribution in [-0.2, 0) is 17.6 Å². The fourth-order valence-electron chi connectivity index (χ4n) is 1.84. The van der Waals surface area contributed by atoms with E-state index in [1.165, 1.54) is 30.3 Å². The van der Waals surface area contributed by atoms with Gasteiger partial charge in [-0.1, -0.05) is 18.2 Å². The molecule has 0 saturated heterocycles. The van der Waals surface area contributed by atoms with Crippen LogP contribution in [0.4, 0.5) is 13.2 Å². The summed E-state index contributed by atoms with van der Waals surface area (Å²) in [6.07, 6.45) is -0.159. The summed E-state index contributed by atoms with van der Waals surface area (Å²) < 4.78 is 39.8. The third kappa shape index (κ3) is 3.48. The van der Waals surface area contributed by atoms with Crippen LogP contribution in [0.25, 0.3) is 0 Å². The van der Waals surface area contributed by atoms with Crippen molar-refractivity contribution < 1.29 is 18.0 Å². The Morgan fingerprint density at radius 1 is 1.00 bits per heavy atom. The Morgan fingerprint density at radius 2 is 1.75 bits per heavy atom. The van der Waals surface area contributed by atoms with Crippen molar-refractivity contribution in [2.45, 2.75) is 12.8 Å². The van der Waals surface area contributed by atoms with Crippen LogP contribution in [0.2, 0.25) is 0 Å². The van der Waals surface area contributed by atoms with Crippen LogP contribution in [0.5, 0.6) is 0 Å². The molecule has 0 unspecified atom stereocenters. The standard InChI is InChI=1S/C15H10BrF3O/c16-12-7-9(4-5-13(12)17)6-11(20)8-10-2-1-3-14(18)15(10)19/h1-5,7H,6,8H2. The fraction of sp³-hybridized carbons (Fsp3) is 0.133. The van der Waals surface area contributed by atoms with E-state index in [1.54, 1.807) is 0 Å². The van der Waals surface area contributed by atoms with Crippen molar-refractivity contribution >= 4 is 21.7 Å². The second-order valence-electron chi connectivity index (χ2n) is 4.35. The van der Waals surface area contributed by atoms with E-state index < -0.39 is 17.5 Å². The van der Waals surface area contributed by atoms with Crippen molar-refractivity contribution in [1.82, 2.24) is 0 Å². The minimum Gasteiger partial charge on any atom is -0.299 e. The molecule has 0 aliphatic heterocycles. The zero-order valence-electron chi connectivity index (χ0n) is 10.3. The number of hydrogen-bond donors (Lipinski definition) is 0. The molecule has 0 aromatic heterocycles. The van der Waals surface area contributed by atoms with E-state index in [4.69, 9.17) is 0 Å². The molecule has 0 spiro atoms. The van der Waals surface area contributed by atoms with Gasteiger partial charge in [0.25, 0.3) is 0 Å². The zero-order valence-corrected chi connectivity index (χ0v) is 11.9. The van der Waals surface area contributed by atoms with E-state index in [1.807, 2.05) is 0 Å². The molecule has 0 saturated carbocycles. The van der Waals surface area contributed by atoms with Gasteiger partial charge in [0.05, 0.1) is 4.47 Å². The molecule has 0 fully saturated rings. The average Bonchev–Trinajstić information content (AvgIpc) is 2.39. The maximum absolute atomic E-state index is 13.4. The first-order chi connectivity index (χ1) is 9.47. The number of rotatable bonds is 4. The van der Waals surface area contributed by atoms with Gasteiger partial charge in [-0.2, -0.15) is 0 Å². The number of carbonyl (C=O) groups is 1. The van der Waals surface area contributed by atoms with Gasteiger partial charge < -0.3 is 0 Å². The summed E-state index contributed by atoms with van der Waals surface area (Å²) in [5.41, 5.74) is 0.635. The third-order valence-corrected chi connectivity index (χ3v) is 3.41. The van der Waals surface area contributed by atoms with Crippen molar-refractivity contribution in [2.24, 2.45) is 0 Å². The van der Waals surface area contributed by atoms with Crippen molar-refractivity contribution in [1.29, 1.82) is 0 Å². The van der Waals surface area contributed by atoms with Crippen LogP contribution in [0, 0.1) is 17.5 Å². The molecule has 0 heterocycles. The maximum atomic E-state index is 13.4. The van der Waals surface area contributed by atoms with Gasteiger partial charge in [-0.3, -0.25) is 4.79 Å². The highest BCUT2D eigenvalue weighted by Gasteiger charge is 2.12. The minimum atomic E-state index is -0.999. The first-order valence-electron chi connectivity index (χ1n) is 5.86. The molecule has 2 rings (SSSR count). The third-order valence-electron chi connectivity index (χ3n) is 2.80. The van der Waals surface area contributed by atoms with Crippen molar-refractivity contribution in [3.63, 3.8) is 0 Å². The highest BCUT2D eigenvalue weighted by atomic mass is 79.9. The zero-order chi connectivity index (χ0) is 14.7. The quantitative estimate of drug-likeness (QED) is 0.812. The maximum Gasteiger partial charge on any atom is 0.162 e. The highest BCUT2D eigenvalue weighted by Crippen LogP contribution is 2.18. The Balaban J connectivity index is 2.09. The summed E-state index contributed by atoms with van der Waals surface area (Å²) in [5, 5.41) is 0. The summed E-state index contributed by atoms with van der Waals surface area (Å²) in [4.78, 5) is 11.8. The van der Waals surface area contributed by atoms with Crippen LogP contribution in [-0.4, -0.2) is 5.78 Å². The first-order valence-corrected chi connectivity index (χ1v) is 6.65. The number of carbonyl (C=O) groups excluding carboxylic acids is 1. The molecule has 20 heavy (non-hydrogen) atoms. The Kier molecular flexibility index (Phi) is 4.60. The van der Waals surface area contributed by atoms with Gasteiger partial charge in [0.1, 0.15) is 11.6 Å². The molecule has 0 N–H and O–H groups in total. The number of hydrogen-bond acceptors (Lipinski definition) is 1. The van der Waals surface area contributed by atoms with Crippen LogP contribution >= 0.6 is 15.9 Å². The second-order valence-corrected chi connectivity index (χ2v) is 5.21. The first kappa shape index (κ1) is 14.8. The lowest BCUT2D eigenvalue weighted by molar-refractivity contribution is -0.117. The van der Waals surface area contributed by atoms with E-state index in [2.05, 4.69) is 15.9 Å². The molecular formula is C15H10BrF3O. The lowest BCUT2D eigenvalue weighted by Gasteiger charge is -2.05. The lowest BCUT2D eigenvalue weighted by atomic mass is 10.0. The highest BCUT2D eigenvalue weighted by molar-refractivity contribution is 9.10. The van der Waals surface area contributed by atoms with Gasteiger partial charge in [0.2, 0.25) is 0 Å². The van der Waals surface area contributed by atoms with Gasteiger partial charge in [0.15, 0.2) is 11.6 Å². The normalized spacial score (nSPS) is 10.6. The smallest absolute Gasteiger partial charge is 0.162 e. The van der Waals surface area contributed by atoms with Crippen molar-refractivity contribution in [2.75, 3.05) is 0 Å². The summed E-state index contributed by atoms with van der Waals surface area (Å²) >= 11 is 3.03. The fourth-order valence-corrected chi connectivity index (χ4v) is 2.26. The molecule has 1 nitrogen and oxygen atoms in total. The Bertz CT molecular complexity index is 656. The number of benzene rings is 2. The summed E-state index contributed by atoms with van der Waals surface area (Å²) in [6.45, 7) is 0. The predicted octanol–water partition coefficient (Wildman–Crippen LogP) is 4.22. The van der Waals surface area contributed by atoms with Crippen molar-refractivity contribution in [3.8, 4) is 0 Å². The largest absolute Gasteiger partial charge is 0.299 e. The van der Waals surface area contributed by atoms with E-state index in [0.29, 0.717) is 5.56 Å². The molecule has 0 radical (unpaired) electrons. The van der Waals surface area contributed by atoms with Crippen LogP contribution in [0.15, 0.2) is 40.9 Å². The molecule has 2 aromatic carbocycles. The number of Topliss-reactive ketones (excluding diaryl/α,β-unsaturated/α-hetero) is 1. The molecule has 104 valence electrons. The molecule has 0 aliphatic rings. The molecule has 0 bridgehead atoms. The van der Waals surface area contributed by atoms with Crippen molar-refractivity contribution in [3.05, 3.63) is 69.4 Å². The van der Waals surface area contributed by atoms with Gasteiger partial charge in [-0.25, -0.2) is 13.2 Å². The van der Waals surface area contributed by atoms with Gasteiger partial charge in [-0.05, 0) is 45.3 Å². The van der Waals surface area contributed by atoms with Gasteiger partial charge in [-0.15, -0.1) is 0 Å². The summed E-state index contributed by atoms with van der Waals surface area (Å²) in [7, 11) is 0. The van der Waals surface area contributed by atoms with Crippen LogP contribution in [0.1, 0.15) is 11.1 Å². The lowest BCUT2D eigenvalue weighted by Crippen LogP contribution is -2.08. The SMILES string of the molecule is O=C(Cc1ccc(F)c(Br)c1)Cc1cccc(F)c1F. The monoisotopic (exact) mass is 342 g/mol. The topological polar surface area (TPSA) is 17.1 Å². The number of ketones is 1. The predicted molar refractivity (Wildman–Crippen MR) is 72.9 cm³/mol. The Morgan fingerprint density at radius 3 is 2.45 bits per heavy atom. The van der Waals surface area contributed by atoms with Gasteiger partial charge in [0, 0.05) is 12.8 Å². The molecule has 0 amide bonds. The van der Waals surface area contributed by atoms with E-state index in [0.717, 1.165) is 6.07 Å². The van der Waals surface area contributed by atoms with Crippen LogP contribution < -0.4 is 0 Å². The number of halogens is 4. The van der Waals surface area contributed by atoms with E-state index >= 15 is 0 Å². The average molecular weight is 343 g/mol. The second kappa shape index (κ2) is 6.22. The molecule has 2 aromatic rings. The molecule has 0 atom stereocenters. The van der Waals surface area contributed by atoms with E-state index in [9.17, 15) is 18.0 Å². The van der Waals surface area contributed by atoms with Gasteiger partial charge >= 0.3 is 0 Å². The molecule has 5 heteroatoms. The Labute approximate surface area is 122 Å². The van der Waals surface area contributed by atoms with E-state index in [-0.39, 0.29) is 28.7 Å².